The maximum atomic E-state index is 12.4. The van der Waals surface area contributed by atoms with E-state index in [1.807, 2.05) is 18.2 Å². The summed E-state index contributed by atoms with van der Waals surface area (Å²) < 4.78 is 6.58. The molecule has 0 saturated carbocycles. The lowest BCUT2D eigenvalue weighted by Gasteiger charge is -2.23. The number of aromatic nitrogens is 1. The van der Waals surface area contributed by atoms with Gasteiger partial charge < -0.3 is 4.42 Å². The number of benzene rings is 1. The lowest BCUT2D eigenvalue weighted by Crippen LogP contribution is -2.29. The first-order chi connectivity index (χ1) is 11.6. The largest absolute Gasteiger partial charge is 0.451 e. The Balaban J connectivity index is 1.54. The van der Waals surface area contributed by atoms with Crippen molar-refractivity contribution in [3.8, 4) is 0 Å². The van der Waals surface area contributed by atoms with E-state index in [0.717, 1.165) is 41.6 Å². The second-order valence-corrected chi connectivity index (χ2v) is 7.75. The van der Waals surface area contributed by atoms with Gasteiger partial charge in [-0.1, -0.05) is 22.9 Å². The van der Waals surface area contributed by atoms with E-state index in [1.54, 1.807) is 17.4 Å². The highest BCUT2D eigenvalue weighted by Crippen LogP contribution is 2.29. The summed E-state index contributed by atoms with van der Waals surface area (Å²) >= 11 is 4.97. The summed E-state index contributed by atoms with van der Waals surface area (Å²) in [5.41, 5.74) is 1.80. The summed E-state index contributed by atoms with van der Waals surface area (Å²) in [5.74, 6) is 0.0345. The van der Waals surface area contributed by atoms with Crippen LogP contribution in [0.4, 0.5) is 5.13 Å². The Bertz CT molecular complexity index is 918. The maximum Gasteiger partial charge on any atom is 0.293 e. The van der Waals surface area contributed by atoms with Crippen LogP contribution in [0.3, 0.4) is 0 Å². The van der Waals surface area contributed by atoms with Gasteiger partial charge in [-0.2, -0.15) is 0 Å². The third-order valence-electron chi connectivity index (χ3n) is 4.18. The van der Waals surface area contributed by atoms with Crippen molar-refractivity contribution in [2.24, 2.45) is 0 Å². The zero-order valence-electron chi connectivity index (χ0n) is 13.1. The molecule has 1 aliphatic rings. The minimum Gasteiger partial charge on any atom is -0.451 e. The van der Waals surface area contributed by atoms with Gasteiger partial charge in [0.1, 0.15) is 5.58 Å². The number of anilines is 1. The number of rotatable bonds is 3. The van der Waals surface area contributed by atoms with Gasteiger partial charge in [0.2, 0.25) is 0 Å². The predicted molar refractivity (Wildman–Crippen MR) is 98.6 cm³/mol. The zero-order valence-corrected chi connectivity index (χ0v) is 15.5. The Labute approximate surface area is 151 Å². The number of furan rings is 1. The van der Waals surface area contributed by atoms with Crippen LogP contribution >= 0.6 is 27.3 Å². The van der Waals surface area contributed by atoms with Crippen molar-refractivity contribution >= 4 is 49.3 Å². The molecule has 0 radical (unpaired) electrons. The van der Waals surface area contributed by atoms with Crippen molar-refractivity contribution in [1.29, 1.82) is 0 Å². The van der Waals surface area contributed by atoms with E-state index >= 15 is 0 Å². The first kappa shape index (κ1) is 15.8. The topological polar surface area (TPSA) is 58.4 Å². The summed E-state index contributed by atoms with van der Waals surface area (Å²) in [6.45, 7) is 5.14. The Hall–Kier alpha value is -1.70. The van der Waals surface area contributed by atoms with E-state index in [4.69, 9.17) is 4.42 Å². The number of halogens is 1. The molecule has 0 atom stereocenters. The second kappa shape index (κ2) is 6.31. The van der Waals surface area contributed by atoms with E-state index < -0.39 is 0 Å². The molecule has 0 fully saturated rings. The Morgan fingerprint density at radius 2 is 2.33 bits per heavy atom. The normalized spacial score (nSPS) is 14.8. The summed E-state index contributed by atoms with van der Waals surface area (Å²) in [6.07, 6.45) is 0.939. The highest BCUT2D eigenvalue weighted by molar-refractivity contribution is 9.10. The molecule has 0 unspecified atom stereocenters. The maximum absolute atomic E-state index is 12.4. The van der Waals surface area contributed by atoms with E-state index in [1.165, 1.54) is 4.88 Å². The van der Waals surface area contributed by atoms with Gasteiger partial charge in [0.05, 0.1) is 5.69 Å². The molecule has 1 amide bonds. The van der Waals surface area contributed by atoms with Crippen molar-refractivity contribution in [2.45, 2.75) is 19.9 Å². The van der Waals surface area contributed by atoms with E-state index in [0.29, 0.717) is 16.5 Å². The molecular formula is C17H16BrN3O2S. The van der Waals surface area contributed by atoms with Crippen molar-refractivity contribution in [2.75, 3.05) is 18.4 Å². The fourth-order valence-electron chi connectivity index (χ4n) is 2.86. The number of likely N-dealkylation sites (N-methyl/N-ethyl adjacent to an activating group) is 1. The Morgan fingerprint density at radius 3 is 3.17 bits per heavy atom. The molecule has 0 spiro atoms. The van der Waals surface area contributed by atoms with E-state index in [9.17, 15) is 4.79 Å². The Morgan fingerprint density at radius 1 is 1.46 bits per heavy atom. The highest BCUT2D eigenvalue weighted by Gasteiger charge is 2.21. The summed E-state index contributed by atoms with van der Waals surface area (Å²) in [4.78, 5) is 20.6. The lowest BCUT2D eigenvalue weighted by atomic mass is 10.2. The molecule has 2 aromatic heterocycles. The van der Waals surface area contributed by atoms with Crippen LogP contribution in [-0.4, -0.2) is 28.9 Å². The molecule has 7 heteroatoms. The number of amides is 1. The van der Waals surface area contributed by atoms with E-state index in [2.05, 4.69) is 38.1 Å². The van der Waals surface area contributed by atoms with Crippen molar-refractivity contribution in [1.82, 2.24) is 9.88 Å². The van der Waals surface area contributed by atoms with Crippen molar-refractivity contribution in [3.05, 3.63) is 45.1 Å². The summed E-state index contributed by atoms with van der Waals surface area (Å²) in [7, 11) is 0. The quantitative estimate of drug-likeness (QED) is 0.706. The first-order valence-corrected chi connectivity index (χ1v) is 9.44. The van der Waals surface area contributed by atoms with Crippen molar-refractivity contribution in [3.63, 3.8) is 0 Å². The zero-order chi connectivity index (χ0) is 16.7. The summed E-state index contributed by atoms with van der Waals surface area (Å²) in [6, 6.07) is 7.41. The molecule has 3 aromatic rings. The lowest BCUT2D eigenvalue weighted by molar-refractivity contribution is 0.0998. The van der Waals surface area contributed by atoms with Gasteiger partial charge in [0.25, 0.3) is 5.91 Å². The van der Waals surface area contributed by atoms with Crippen LogP contribution in [0.1, 0.15) is 28.0 Å². The number of fused-ring (bicyclic) bond motifs is 2. The minimum absolute atomic E-state index is 0.263. The average molecular weight is 406 g/mol. The van der Waals surface area contributed by atoms with Gasteiger partial charge in [-0.3, -0.25) is 15.0 Å². The molecule has 0 aliphatic carbocycles. The van der Waals surface area contributed by atoms with Crippen molar-refractivity contribution < 1.29 is 9.21 Å². The molecule has 24 heavy (non-hydrogen) atoms. The number of nitrogens with zero attached hydrogens (tertiary/aromatic N) is 2. The smallest absolute Gasteiger partial charge is 0.293 e. The molecule has 124 valence electrons. The molecule has 0 bridgehead atoms. The fraction of sp³-hybridized carbons (Fsp3) is 0.294. The molecule has 4 rings (SSSR count). The van der Waals surface area contributed by atoms with E-state index in [-0.39, 0.29) is 5.91 Å². The molecule has 1 aliphatic heterocycles. The van der Waals surface area contributed by atoms with Crippen LogP contribution in [0, 0.1) is 0 Å². The predicted octanol–water partition coefficient (Wildman–Crippen LogP) is 4.28. The molecule has 1 aromatic carbocycles. The van der Waals surface area contributed by atoms with Crippen LogP contribution in [0.5, 0.6) is 0 Å². The van der Waals surface area contributed by atoms with Crippen LogP contribution in [-0.2, 0) is 13.0 Å². The number of nitrogens with one attached hydrogen (secondary N) is 1. The van der Waals surface area contributed by atoms with Crippen LogP contribution in [0.2, 0.25) is 0 Å². The van der Waals surface area contributed by atoms with Gasteiger partial charge in [0, 0.05) is 34.2 Å². The SMILES string of the molecule is CCN1CCc2nc(NC(=O)c3cc4cc(Br)ccc4o3)sc2C1. The average Bonchev–Trinajstić information content (AvgIpc) is 3.16. The van der Waals surface area contributed by atoms with Gasteiger partial charge in [-0.05, 0) is 30.8 Å². The third kappa shape index (κ3) is 2.99. The molecule has 1 N–H and O–H groups in total. The molecular weight excluding hydrogens is 390 g/mol. The standard InChI is InChI=1S/C17H16BrN3O2S/c1-2-21-6-5-12-15(9-21)24-17(19-12)20-16(22)14-8-10-7-11(18)3-4-13(10)23-14/h3-4,7-8H,2,5-6,9H2,1H3,(H,19,20,22). The molecule has 3 heterocycles. The fourth-order valence-corrected chi connectivity index (χ4v) is 4.28. The third-order valence-corrected chi connectivity index (χ3v) is 5.67. The monoisotopic (exact) mass is 405 g/mol. The Kier molecular flexibility index (Phi) is 4.15. The van der Waals surface area contributed by atoms with Crippen LogP contribution < -0.4 is 5.32 Å². The highest BCUT2D eigenvalue weighted by atomic mass is 79.9. The van der Waals surface area contributed by atoms with Crippen LogP contribution in [0.15, 0.2) is 33.2 Å². The first-order valence-electron chi connectivity index (χ1n) is 7.84. The van der Waals surface area contributed by atoms with Gasteiger partial charge in [0.15, 0.2) is 10.9 Å². The molecule has 5 nitrogen and oxygen atoms in total. The number of thiazole rings is 1. The van der Waals surface area contributed by atoms with Gasteiger partial charge in [-0.15, -0.1) is 11.3 Å². The van der Waals surface area contributed by atoms with Crippen LogP contribution in [0.25, 0.3) is 11.0 Å². The van der Waals surface area contributed by atoms with Gasteiger partial charge in [-0.25, -0.2) is 4.98 Å². The summed E-state index contributed by atoms with van der Waals surface area (Å²) in [5, 5.41) is 4.41. The number of carbonyl (C=O) groups excluding carboxylic acids is 1. The second-order valence-electron chi connectivity index (χ2n) is 5.75. The number of hydrogen-bond acceptors (Lipinski definition) is 5. The minimum atomic E-state index is -0.263. The molecule has 0 saturated heterocycles. The van der Waals surface area contributed by atoms with Gasteiger partial charge >= 0.3 is 0 Å². The number of carbonyl (C=O) groups is 1. The number of hydrogen-bond donors (Lipinski definition) is 1.